The summed E-state index contributed by atoms with van der Waals surface area (Å²) >= 11 is 7.13. The summed E-state index contributed by atoms with van der Waals surface area (Å²) in [4.78, 5) is 16.5. The van der Waals surface area contributed by atoms with Crippen molar-refractivity contribution in [3.8, 4) is 0 Å². The van der Waals surface area contributed by atoms with Crippen LogP contribution in [0, 0.1) is 5.82 Å². The van der Waals surface area contributed by atoms with Gasteiger partial charge in [0.1, 0.15) is 5.82 Å². The average Bonchev–Trinajstić information content (AvgIpc) is 2.98. The summed E-state index contributed by atoms with van der Waals surface area (Å²) in [6.45, 7) is 0. The zero-order valence-electron chi connectivity index (χ0n) is 9.97. The summed E-state index contributed by atoms with van der Waals surface area (Å²) in [6.07, 6.45) is 1.56. The molecule has 2 heterocycles. The molecule has 0 fully saturated rings. The van der Waals surface area contributed by atoms with Crippen molar-refractivity contribution in [3.05, 3.63) is 62.7 Å². The van der Waals surface area contributed by atoms with Crippen molar-refractivity contribution in [2.24, 2.45) is 4.99 Å². The Hall–Kier alpha value is -1.98. The van der Waals surface area contributed by atoms with Crippen molar-refractivity contribution >= 4 is 40.9 Å². The highest BCUT2D eigenvalue weighted by molar-refractivity contribution is 7.17. The number of thiophene rings is 1. The highest BCUT2D eigenvalue weighted by atomic mass is 35.5. The number of hydrogen-bond acceptors (Lipinski definition) is 4. The molecule has 100 valence electrons. The first-order valence-electron chi connectivity index (χ1n) is 5.66. The Kier molecular flexibility index (Phi) is 3.38. The third-order valence-electron chi connectivity index (χ3n) is 2.60. The summed E-state index contributed by atoms with van der Waals surface area (Å²) in [5.41, 5.74) is 0.287. The molecule has 0 atom stereocenters. The van der Waals surface area contributed by atoms with Gasteiger partial charge in [-0.05, 0) is 30.3 Å². The Labute approximate surface area is 123 Å². The Morgan fingerprint density at radius 3 is 2.75 bits per heavy atom. The van der Waals surface area contributed by atoms with E-state index in [1.165, 1.54) is 23.5 Å². The van der Waals surface area contributed by atoms with E-state index in [1.54, 1.807) is 30.3 Å². The minimum atomic E-state index is -0.604. The topological polar surface area (TPSA) is 38.7 Å². The molecule has 2 aromatic rings. The van der Waals surface area contributed by atoms with Crippen LogP contribution in [-0.2, 0) is 9.53 Å². The lowest BCUT2D eigenvalue weighted by atomic mass is 10.2. The Morgan fingerprint density at radius 2 is 2.05 bits per heavy atom. The van der Waals surface area contributed by atoms with Crippen LogP contribution < -0.4 is 0 Å². The molecule has 1 aromatic heterocycles. The number of nitrogens with zero attached hydrogens (tertiary/aromatic N) is 1. The zero-order chi connectivity index (χ0) is 14.1. The average molecular weight is 308 g/mol. The summed E-state index contributed by atoms with van der Waals surface area (Å²) in [6, 6.07) is 9.49. The van der Waals surface area contributed by atoms with Crippen molar-refractivity contribution in [1.29, 1.82) is 0 Å². The molecule has 1 aromatic carbocycles. The maximum atomic E-state index is 13.6. The molecule has 0 unspecified atom stereocenters. The molecule has 0 spiro atoms. The van der Waals surface area contributed by atoms with E-state index in [0.29, 0.717) is 4.34 Å². The maximum Gasteiger partial charge on any atom is 0.363 e. The molecule has 0 saturated heterocycles. The second-order valence-corrected chi connectivity index (χ2v) is 5.70. The predicted octanol–water partition coefficient (Wildman–Crippen LogP) is 3.89. The number of halogens is 2. The molecule has 0 saturated carbocycles. The van der Waals surface area contributed by atoms with Crippen molar-refractivity contribution in [1.82, 2.24) is 0 Å². The van der Waals surface area contributed by atoms with E-state index in [9.17, 15) is 9.18 Å². The fourth-order valence-corrected chi connectivity index (χ4v) is 2.70. The summed E-state index contributed by atoms with van der Waals surface area (Å²) in [5.74, 6) is -1.12. The monoisotopic (exact) mass is 307 g/mol. The minimum Gasteiger partial charge on any atom is -0.402 e. The first-order chi connectivity index (χ1) is 9.63. The van der Waals surface area contributed by atoms with Gasteiger partial charge >= 0.3 is 5.97 Å². The lowest BCUT2D eigenvalue weighted by Crippen LogP contribution is -2.07. The van der Waals surface area contributed by atoms with E-state index in [-0.39, 0.29) is 17.2 Å². The summed E-state index contributed by atoms with van der Waals surface area (Å²) in [7, 11) is 0. The van der Waals surface area contributed by atoms with Gasteiger partial charge in [0.2, 0.25) is 5.90 Å². The molecule has 1 aliphatic rings. The molecular weight excluding hydrogens is 301 g/mol. The van der Waals surface area contributed by atoms with E-state index in [2.05, 4.69) is 4.99 Å². The largest absolute Gasteiger partial charge is 0.402 e. The van der Waals surface area contributed by atoms with Crippen molar-refractivity contribution in [2.45, 2.75) is 0 Å². The third-order valence-corrected chi connectivity index (χ3v) is 3.78. The van der Waals surface area contributed by atoms with Crippen LogP contribution in [0.4, 0.5) is 4.39 Å². The number of cyclic esters (lactones) is 1. The molecular formula is C14H7ClFNO2S. The van der Waals surface area contributed by atoms with Crippen LogP contribution in [0.15, 0.2) is 47.1 Å². The van der Waals surface area contributed by atoms with Gasteiger partial charge in [-0.3, -0.25) is 0 Å². The SMILES string of the molecule is O=C1OC(c2ccccc2F)=N/C1=C/c1ccc(Cl)s1. The molecule has 0 amide bonds. The van der Waals surface area contributed by atoms with Crippen molar-refractivity contribution in [3.63, 3.8) is 0 Å². The lowest BCUT2D eigenvalue weighted by molar-refractivity contribution is -0.129. The number of benzene rings is 1. The van der Waals surface area contributed by atoms with Gasteiger partial charge in [-0.25, -0.2) is 14.2 Å². The molecule has 20 heavy (non-hydrogen) atoms. The fraction of sp³-hybridized carbons (Fsp3) is 0. The van der Waals surface area contributed by atoms with E-state index in [0.717, 1.165) is 4.88 Å². The summed E-state index contributed by atoms with van der Waals surface area (Å²) in [5, 5.41) is 0. The number of hydrogen-bond donors (Lipinski definition) is 0. The maximum absolute atomic E-state index is 13.6. The quantitative estimate of drug-likeness (QED) is 0.624. The molecule has 1 aliphatic heterocycles. The molecule has 0 aliphatic carbocycles. The first kappa shape index (κ1) is 13.0. The molecule has 0 N–H and O–H groups in total. The normalized spacial score (nSPS) is 16.4. The number of carbonyl (C=O) groups excluding carboxylic acids is 1. The van der Waals surface area contributed by atoms with Crippen LogP contribution in [0.3, 0.4) is 0 Å². The Morgan fingerprint density at radius 1 is 1.25 bits per heavy atom. The number of aliphatic imine (C=N–C) groups is 1. The number of carbonyl (C=O) groups is 1. The highest BCUT2D eigenvalue weighted by Gasteiger charge is 2.25. The molecule has 3 nitrogen and oxygen atoms in total. The van der Waals surface area contributed by atoms with Crippen molar-refractivity contribution in [2.75, 3.05) is 0 Å². The fourth-order valence-electron chi connectivity index (χ4n) is 1.70. The minimum absolute atomic E-state index is 0.0259. The number of rotatable bonds is 2. The Balaban J connectivity index is 1.97. The predicted molar refractivity (Wildman–Crippen MR) is 76.3 cm³/mol. The van der Waals surface area contributed by atoms with Crippen molar-refractivity contribution < 1.29 is 13.9 Å². The van der Waals surface area contributed by atoms with Crippen LogP contribution in [0.1, 0.15) is 10.4 Å². The van der Waals surface area contributed by atoms with Gasteiger partial charge in [-0.2, -0.15) is 0 Å². The van der Waals surface area contributed by atoms with Gasteiger partial charge in [0.05, 0.1) is 9.90 Å². The molecule has 0 radical (unpaired) electrons. The number of esters is 1. The smallest absolute Gasteiger partial charge is 0.363 e. The van der Waals surface area contributed by atoms with Crippen LogP contribution in [0.5, 0.6) is 0 Å². The second-order valence-electron chi connectivity index (χ2n) is 3.96. The molecule has 3 rings (SSSR count). The van der Waals surface area contributed by atoms with E-state index < -0.39 is 11.8 Å². The van der Waals surface area contributed by atoms with Gasteiger partial charge in [0.15, 0.2) is 5.70 Å². The van der Waals surface area contributed by atoms with Crippen LogP contribution in [0.2, 0.25) is 4.34 Å². The Bertz CT molecular complexity index is 751. The standard InChI is InChI=1S/C14H7ClFNO2S/c15-12-6-5-8(20-12)7-11-14(18)19-13(17-11)9-3-1-2-4-10(9)16/h1-7H/b11-7+. The van der Waals surface area contributed by atoms with Crippen LogP contribution in [0.25, 0.3) is 6.08 Å². The van der Waals surface area contributed by atoms with E-state index in [1.807, 2.05) is 0 Å². The van der Waals surface area contributed by atoms with E-state index >= 15 is 0 Å². The first-order valence-corrected chi connectivity index (χ1v) is 6.86. The van der Waals surface area contributed by atoms with Gasteiger partial charge in [-0.1, -0.05) is 23.7 Å². The summed E-state index contributed by atoms with van der Waals surface area (Å²) < 4.78 is 19.2. The highest BCUT2D eigenvalue weighted by Crippen LogP contribution is 2.26. The third kappa shape index (κ3) is 2.50. The van der Waals surface area contributed by atoms with E-state index in [4.69, 9.17) is 16.3 Å². The molecule has 6 heteroatoms. The van der Waals surface area contributed by atoms with Crippen LogP contribution >= 0.6 is 22.9 Å². The molecule has 0 bridgehead atoms. The second kappa shape index (κ2) is 5.19. The van der Waals surface area contributed by atoms with Gasteiger partial charge in [0, 0.05) is 4.88 Å². The van der Waals surface area contributed by atoms with Crippen LogP contribution in [-0.4, -0.2) is 11.9 Å². The zero-order valence-corrected chi connectivity index (χ0v) is 11.5. The van der Waals surface area contributed by atoms with Gasteiger partial charge < -0.3 is 4.74 Å². The lowest BCUT2D eigenvalue weighted by Gasteiger charge is -1.99. The number of ether oxygens (including phenoxy) is 1. The van der Waals surface area contributed by atoms with Gasteiger partial charge in [-0.15, -0.1) is 11.3 Å². The van der Waals surface area contributed by atoms with Gasteiger partial charge in [0.25, 0.3) is 0 Å².